The number of hydrogen-bond acceptors (Lipinski definition) is 3. The zero-order valence-electron chi connectivity index (χ0n) is 16.1. The Kier molecular flexibility index (Phi) is 5.19. The Morgan fingerprint density at radius 3 is 2.03 bits per heavy atom. The van der Waals surface area contributed by atoms with E-state index in [9.17, 15) is 4.79 Å². The van der Waals surface area contributed by atoms with Crippen LogP contribution < -0.4 is 10.3 Å². The normalized spacial score (nSPS) is 10.7. The third-order valence-corrected chi connectivity index (χ3v) is 5.18. The Morgan fingerprint density at radius 1 is 0.828 bits per heavy atom. The minimum absolute atomic E-state index is 0.0728. The van der Waals surface area contributed by atoms with E-state index < -0.39 is 0 Å². The van der Waals surface area contributed by atoms with E-state index in [4.69, 9.17) is 16.3 Å². The van der Waals surface area contributed by atoms with Gasteiger partial charge in [0.2, 0.25) is 0 Å². The highest BCUT2D eigenvalue weighted by Crippen LogP contribution is 2.34. The highest BCUT2D eigenvalue weighted by atomic mass is 35.5. The second kappa shape index (κ2) is 7.94. The van der Waals surface area contributed by atoms with Crippen LogP contribution in [-0.4, -0.2) is 16.7 Å². The van der Waals surface area contributed by atoms with Gasteiger partial charge in [0.15, 0.2) is 0 Å². The van der Waals surface area contributed by atoms with E-state index in [1.807, 2.05) is 54.6 Å². The molecule has 0 aliphatic heterocycles. The number of aromatic nitrogens is 2. The van der Waals surface area contributed by atoms with Crippen LogP contribution in [0.5, 0.6) is 5.75 Å². The molecule has 4 nitrogen and oxygen atoms in total. The summed E-state index contributed by atoms with van der Waals surface area (Å²) in [7, 11) is 3.44. The Hall–Kier alpha value is -3.37. The molecule has 0 bridgehead atoms. The summed E-state index contributed by atoms with van der Waals surface area (Å²) in [5.74, 6) is 0.780. The molecule has 29 heavy (non-hydrogen) atoms. The third-order valence-electron chi connectivity index (χ3n) is 4.92. The molecule has 0 fully saturated rings. The predicted molar refractivity (Wildman–Crippen MR) is 117 cm³/mol. The lowest BCUT2D eigenvalue weighted by Crippen LogP contribution is -2.21. The maximum Gasteiger partial charge on any atom is 0.258 e. The number of halogens is 1. The van der Waals surface area contributed by atoms with Crippen LogP contribution in [0.15, 0.2) is 83.9 Å². The summed E-state index contributed by atoms with van der Waals surface area (Å²) in [5, 5.41) is 0.634. The molecule has 5 heteroatoms. The summed E-state index contributed by atoms with van der Waals surface area (Å²) in [6.07, 6.45) is 3.45. The number of ether oxygens (including phenoxy) is 1. The van der Waals surface area contributed by atoms with Gasteiger partial charge in [0.25, 0.3) is 5.56 Å². The molecule has 2 heterocycles. The molecule has 0 N–H and O–H groups in total. The Labute approximate surface area is 174 Å². The van der Waals surface area contributed by atoms with Crippen molar-refractivity contribution in [1.82, 2.24) is 9.55 Å². The number of rotatable bonds is 4. The third kappa shape index (κ3) is 3.67. The first kappa shape index (κ1) is 19.0. The number of methoxy groups -OCH3 is 1. The fourth-order valence-electron chi connectivity index (χ4n) is 3.42. The fraction of sp³-hybridized carbons (Fsp3) is 0.0833. The highest BCUT2D eigenvalue weighted by molar-refractivity contribution is 6.30. The van der Waals surface area contributed by atoms with Gasteiger partial charge in [0.1, 0.15) is 5.75 Å². The molecule has 4 aromatic rings. The van der Waals surface area contributed by atoms with E-state index in [0.29, 0.717) is 10.6 Å². The molecule has 2 aromatic heterocycles. The molecule has 0 unspecified atom stereocenters. The summed E-state index contributed by atoms with van der Waals surface area (Å²) in [6, 6.07) is 20.9. The minimum Gasteiger partial charge on any atom is -0.497 e. The van der Waals surface area contributed by atoms with Gasteiger partial charge in [-0.25, -0.2) is 0 Å². The van der Waals surface area contributed by atoms with Gasteiger partial charge in [0, 0.05) is 41.2 Å². The van der Waals surface area contributed by atoms with Gasteiger partial charge >= 0.3 is 0 Å². The quantitative estimate of drug-likeness (QED) is 0.456. The number of benzene rings is 2. The smallest absolute Gasteiger partial charge is 0.258 e. The highest BCUT2D eigenvalue weighted by Gasteiger charge is 2.17. The van der Waals surface area contributed by atoms with Crippen LogP contribution >= 0.6 is 11.6 Å². The zero-order valence-corrected chi connectivity index (χ0v) is 16.9. The van der Waals surface area contributed by atoms with Gasteiger partial charge < -0.3 is 9.30 Å². The first-order chi connectivity index (χ1) is 14.1. The lowest BCUT2D eigenvalue weighted by molar-refractivity contribution is 0.415. The van der Waals surface area contributed by atoms with Gasteiger partial charge in [-0.05, 0) is 53.6 Å². The maximum absolute atomic E-state index is 13.2. The Bertz CT molecular complexity index is 1200. The molecule has 0 saturated heterocycles. The van der Waals surface area contributed by atoms with Gasteiger partial charge in [-0.3, -0.25) is 9.78 Å². The van der Waals surface area contributed by atoms with Crippen LogP contribution in [0.25, 0.3) is 33.5 Å². The van der Waals surface area contributed by atoms with Crippen LogP contribution in [0, 0.1) is 0 Å². The van der Waals surface area contributed by atoms with Crippen LogP contribution in [0.4, 0.5) is 0 Å². The van der Waals surface area contributed by atoms with Crippen molar-refractivity contribution in [2.24, 2.45) is 7.05 Å². The van der Waals surface area contributed by atoms with Crippen molar-refractivity contribution in [3.63, 3.8) is 0 Å². The van der Waals surface area contributed by atoms with Crippen molar-refractivity contribution in [2.45, 2.75) is 0 Å². The van der Waals surface area contributed by atoms with Crippen LogP contribution in [0.1, 0.15) is 0 Å². The molecule has 144 valence electrons. The molecule has 0 saturated carbocycles. The average molecular weight is 403 g/mol. The summed E-state index contributed by atoms with van der Waals surface area (Å²) in [4.78, 5) is 17.3. The number of nitrogens with zero attached hydrogens (tertiary/aromatic N) is 2. The predicted octanol–water partition coefficient (Wildman–Crippen LogP) is 5.44. The van der Waals surface area contributed by atoms with Gasteiger partial charge in [0.05, 0.1) is 12.8 Å². The molecule has 0 amide bonds. The lowest BCUT2D eigenvalue weighted by atomic mass is 9.95. The van der Waals surface area contributed by atoms with Crippen molar-refractivity contribution in [1.29, 1.82) is 0 Å². The standard InChI is InChI=1S/C24H19ClN2O2/c1-27-23(18-11-13-26-14-12-18)21(16-5-9-20(29-2)10-6-16)15-22(24(27)28)17-3-7-19(25)8-4-17/h3-15H,1-2H3. The summed E-state index contributed by atoms with van der Waals surface area (Å²) >= 11 is 6.03. The van der Waals surface area contributed by atoms with E-state index in [1.165, 1.54) is 0 Å². The van der Waals surface area contributed by atoms with E-state index in [-0.39, 0.29) is 5.56 Å². The van der Waals surface area contributed by atoms with E-state index in [1.54, 1.807) is 43.3 Å². The van der Waals surface area contributed by atoms with E-state index in [2.05, 4.69) is 4.98 Å². The van der Waals surface area contributed by atoms with Crippen LogP contribution in [-0.2, 0) is 7.05 Å². The topological polar surface area (TPSA) is 44.1 Å². The van der Waals surface area contributed by atoms with Crippen molar-refractivity contribution < 1.29 is 4.74 Å². The van der Waals surface area contributed by atoms with E-state index in [0.717, 1.165) is 33.7 Å². The van der Waals surface area contributed by atoms with Gasteiger partial charge in [-0.15, -0.1) is 0 Å². The molecule has 4 rings (SSSR count). The molecule has 0 aliphatic rings. The minimum atomic E-state index is -0.0728. The second-order valence-electron chi connectivity index (χ2n) is 6.66. The van der Waals surface area contributed by atoms with Crippen molar-refractivity contribution in [2.75, 3.05) is 7.11 Å². The number of pyridine rings is 2. The van der Waals surface area contributed by atoms with Crippen molar-refractivity contribution in [3.05, 3.63) is 94.5 Å². The monoisotopic (exact) mass is 402 g/mol. The largest absolute Gasteiger partial charge is 0.497 e. The Balaban J connectivity index is 2.01. The Morgan fingerprint density at radius 2 is 1.41 bits per heavy atom. The first-order valence-corrected chi connectivity index (χ1v) is 9.51. The van der Waals surface area contributed by atoms with E-state index >= 15 is 0 Å². The number of hydrogen-bond donors (Lipinski definition) is 0. The van der Waals surface area contributed by atoms with Crippen molar-refractivity contribution >= 4 is 11.6 Å². The molecule has 2 aromatic carbocycles. The maximum atomic E-state index is 13.2. The molecule has 0 spiro atoms. The van der Waals surface area contributed by atoms with Crippen LogP contribution in [0.3, 0.4) is 0 Å². The summed E-state index contributed by atoms with van der Waals surface area (Å²) in [6.45, 7) is 0. The van der Waals surface area contributed by atoms with Gasteiger partial charge in [-0.1, -0.05) is 35.9 Å². The molecular weight excluding hydrogens is 384 g/mol. The molecule has 0 aliphatic carbocycles. The van der Waals surface area contributed by atoms with Crippen molar-refractivity contribution in [3.8, 4) is 39.3 Å². The average Bonchev–Trinajstić information content (AvgIpc) is 2.77. The SMILES string of the molecule is COc1ccc(-c2cc(-c3ccc(Cl)cc3)c(=O)n(C)c2-c2ccncc2)cc1. The molecule has 0 radical (unpaired) electrons. The fourth-order valence-corrected chi connectivity index (χ4v) is 3.55. The molecular formula is C24H19ClN2O2. The van der Waals surface area contributed by atoms with Crippen LogP contribution in [0.2, 0.25) is 5.02 Å². The first-order valence-electron chi connectivity index (χ1n) is 9.13. The zero-order chi connectivity index (χ0) is 20.4. The second-order valence-corrected chi connectivity index (χ2v) is 7.09. The summed E-state index contributed by atoms with van der Waals surface area (Å²) < 4.78 is 6.98. The summed E-state index contributed by atoms with van der Waals surface area (Å²) in [5.41, 5.74) is 5.07. The van der Waals surface area contributed by atoms with Gasteiger partial charge in [-0.2, -0.15) is 0 Å². The molecule has 0 atom stereocenters. The lowest BCUT2D eigenvalue weighted by Gasteiger charge is -2.17.